The van der Waals surface area contributed by atoms with Gasteiger partial charge in [-0.25, -0.2) is 4.39 Å². The van der Waals surface area contributed by atoms with Crippen LogP contribution in [0.2, 0.25) is 0 Å². The van der Waals surface area contributed by atoms with Gasteiger partial charge in [-0.2, -0.15) is 0 Å². The molecule has 0 unspecified atom stereocenters. The number of carbonyl (C=O) groups is 1. The molecule has 0 bridgehead atoms. The highest BCUT2D eigenvalue weighted by atomic mass is 19.1. The summed E-state index contributed by atoms with van der Waals surface area (Å²) in [5, 5.41) is 0. The lowest BCUT2D eigenvalue weighted by atomic mass is 10.1. The van der Waals surface area contributed by atoms with Crippen molar-refractivity contribution in [2.45, 2.75) is 6.92 Å². The molecule has 0 spiro atoms. The van der Waals surface area contributed by atoms with Crippen molar-refractivity contribution < 1.29 is 13.9 Å². The number of rotatable bonds is 3. The van der Waals surface area contributed by atoms with E-state index < -0.39 is 0 Å². The molecule has 2 aromatic rings. The molecule has 0 aliphatic carbocycles. The molecular formula is C14H14FNO2. The van der Waals surface area contributed by atoms with Crippen LogP contribution in [-0.4, -0.2) is 17.5 Å². The van der Waals surface area contributed by atoms with Gasteiger partial charge in [0.15, 0.2) is 0 Å². The minimum atomic E-state index is -0.366. The van der Waals surface area contributed by atoms with Crippen LogP contribution in [-0.2, 0) is 7.05 Å². The summed E-state index contributed by atoms with van der Waals surface area (Å²) in [6, 6.07) is 8.02. The largest absolute Gasteiger partial charge is 0.497 e. The van der Waals surface area contributed by atoms with E-state index in [0.29, 0.717) is 22.7 Å². The third kappa shape index (κ3) is 2.01. The molecule has 0 atom stereocenters. The Hall–Kier alpha value is -2.10. The smallest absolute Gasteiger partial charge is 0.209 e. The van der Waals surface area contributed by atoms with E-state index in [1.165, 1.54) is 6.07 Å². The molecule has 18 heavy (non-hydrogen) atoms. The lowest BCUT2D eigenvalue weighted by molar-refractivity contribution is 0.103. The average Bonchev–Trinajstić information content (AvgIpc) is 2.66. The van der Waals surface area contributed by atoms with E-state index in [1.54, 1.807) is 49.9 Å². The second-order valence-electron chi connectivity index (χ2n) is 4.08. The number of benzene rings is 1. The molecule has 0 saturated heterocycles. The first-order valence-corrected chi connectivity index (χ1v) is 5.55. The molecule has 94 valence electrons. The van der Waals surface area contributed by atoms with Crippen molar-refractivity contribution in [2.75, 3.05) is 7.11 Å². The van der Waals surface area contributed by atoms with Gasteiger partial charge in [-0.3, -0.25) is 4.79 Å². The Balaban J connectivity index is 2.38. The standard InChI is InChI=1S/C14H14FNO2/c1-9-12(15)8-13(16(9)2)14(17)10-4-6-11(18-3)7-5-10/h4-8H,1-3H3. The molecule has 0 aliphatic rings. The van der Waals surface area contributed by atoms with Gasteiger partial charge in [0, 0.05) is 18.7 Å². The van der Waals surface area contributed by atoms with E-state index in [1.807, 2.05) is 0 Å². The van der Waals surface area contributed by atoms with E-state index in [2.05, 4.69) is 0 Å². The molecule has 0 fully saturated rings. The zero-order chi connectivity index (χ0) is 13.3. The number of carbonyl (C=O) groups excluding carboxylic acids is 1. The van der Waals surface area contributed by atoms with Crippen LogP contribution in [0.1, 0.15) is 21.7 Å². The topological polar surface area (TPSA) is 31.2 Å². The van der Waals surface area contributed by atoms with E-state index in [0.717, 1.165) is 0 Å². The quantitative estimate of drug-likeness (QED) is 0.781. The fourth-order valence-corrected chi connectivity index (χ4v) is 1.77. The van der Waals surface area contributed by atoms with Crippen molar-refractivity contribution in [3.8, 4) is 5.75 Å². The summed E-state index contributed by atoms with van der Waals surface area (Å²) in [5.41, 5.74) is 1.30. The predicted octanol–water partition coefficient (Wildman–Crippen LogP) is 2.71. The predicted molar refractivity (Wildman–Crippen MR) is 66.5 cm³/mol. The minimum absolute atomic E-state index is 0.202. The third-order valence-electron chi connectivity index (χ3n) is 3.06. The molecule has 1 aromatic carbocycles. The number of hydrogen-bond donors (Lipinski definition) is 0. The number of ether oxygens (including phenoxy) is 1. The highest BCUT2D eigenvalue weighted by Crippen LogP contribution is 2.18. The van der Waals surface area contributed by atoms with E-state index in [-0.39, 0.29) is 11.6 Å². The van der Waals surface area contributed by atoms with Crippen LogP contribution < -0.4 is 4.74 Å². The molecule has 0 amide bonds. The summed E-state index contributed by atoms with van der Waals surface area (Å²) in [6.45, 7) is 1.64. The van der Waals surface area contributed by atoms with Gasteiger partial charge in [-0.05, 0) is 31.2 Å². The third-order valence-corrected chi connectivity index (χ3v) is 3.06. The summed E-state index contributed by atoms with van der Waals surface area (Å²) in [7, 11) is 3.24. The molecule has 3 nitrogen and oxygen atoms in total. The first kappa shape index (κ1) is 12.4. The van der Waals surface area contributed by atoms with Gasteiger partial charge >= 0.3 is 0 Å². The maximum absolute atomic E-state index is 13.4. The highest BCUT2D eigenvalue weighted by molar-refractivity contribution is 6.08. The zero-order valence-corrected chi connectivity index (χ0v) is 10.5. The van der Waals surface area contributed by atoms with Gasteiger partial charge in [0.2, 0.25) is 5.78 Å². The van der Waals surface area contributed by atoms with Crippen LogP contribution >= 0.6 is 0 Å². The van der Waals surface area contributed by atoms with Crippen molar-refractivity contribution in [3.05, 3.63) is 53.1 Å². The number of hydrogen-bond acceptors (Lipinski definition) is 2. The molecule has 4 heteroatoms. The Labute approximate surface area is 105 Å². The number of aromatic nitrogens is 1. The summed E-state index contributed by atoms with van der Waals surface area (Å²) < 4.78 is 20.0. The van der Waals surface area contributed by atoms with E-state index in [9.17, 15) is 9.18 Å². The van der Waals surface area contributed by atoms with Gasteiger partial charge in [0.1, 0.15) is 11.6 Å². The molecule has 0 N–H and O–H groups in total. The summed E-state index contributed by atoms with van der Waals surface area (Å²) in [4.78, 5) is 12.2. The first-order valence-electron chi connectivity index (χ1n) is 5.55. The van der Waals surface area contributed by atoms with Gasteiger partial charge in [-0.1, -0.05) is 0 Å². The number of ketones is 1. The molecule has 1 aromatic heterocycles. The Bertz CT molecular complexity index is 585. The van der Waals surface area contributed by atoms with Crippen LogP contribution in [0.15, 0.2) is 30.3 Å². The van der Waals surface area contributed by atoms with Gasteiger partial charge in [0.05, 0.1) is 18.5 Å². The lowest BCUT2D eigenvalue weighted by Gasteiger charge is -2.05. The van der Waals surface area contributed by atoms with Crippen molar-refractivity contribution in [2.24, 2.45) is 7.05 Å². The van der Waals surface area contributed by atoms with Crippen molar-refractivity contribution >= 4 is 5.78 Å². The molecule has 0 radical (unpaired) electrons. The number of halogens is 1. The van der Waals surface area contributed by atoms with Crippen molar-refractivity contribution in [3.63, 3.8) is 0 Å². The Morgan fingerprint density at radius 2 is 1.89 bits per heavy atom. The molecule has 0 saturated carbocycles. The highest BCUT2D eigenvalue weighted by Gasteiger charge is 2.16. The maximum atomic E-state index is 13.4. The van der Waals surface area contributed by atoms with Gasteiger partial charge in [0.25, 0.3) is 0 Å². The van der Waals surface area contributed by atoms with Gasteiger partial charge < -0.3 is 9.30 Å². The maximum Gasteiger partial charge on any atom is 0.209 e. The fourth-order valence-electron chi connectivity index (χ4n) is 1.77. The van der Waals surface area contributed by atoms with Crippen LogP contribution in [0.5, 0.6) is 5.75 Å². The Morgan fingerprint density at radius 1 is 1.28 bits per heavy atom. The fraction of sp³-hybridized carbons (Fsp3) is 0.214. The normalized spacial score (nSPS) is 10.4. The average molecular weight is 247 g/mol. The molecule has 1 heterocycles. The molecule has 2 rings (SSSR count). The van der Waals surface area contributed by atoms with Crippen molar-refractivity contribution in [1.82, 2.24) is 4.57 Å². The first-order chi connectivity index (χ1) is 8.54. The number of nitrogens with zero attached hydrogens (tertiary/aromatic N) is 1. The van der Waals surface area contributed by atoms with Crippen LogP contribution in [0.3, 0.4) is 0 Å². The van der Waals surface area contributed by atoms with Crippen molar-refractivity contribution in [1.29, 1.82) is 0 Å². The molecular weight excluding hydrogens is 233 g/mol. The minimum Gasteiger partial charge on any atom is -0.497 e. The SMILES string of the molecule is COc1ccc(C(=O)c2cc(F)c(C)n2C)cc1. The second kappa shape index (κ2) is 4.64. The summed E-state index contributed by atoms with van der Waals surface area (Å²) in [5.74, 6) is 0.113. The Kier molecular flexibility index (Phi) is 3.19. The van der Waals surface area contributed by atoms with E-state index in [4.69, 9.17) is 4.74 Å². The summed E-state index contributed by atoms with van der Waals surface area (Å²) in [6.07, 6.45) is 0. The molecule has 0 aliphatic heterocycles. The zero-order valence-electron chi connectivity index (χ0n) is 10.5. The monoisotopic (exact) mass is 247 g/mol. The van der Waals surface area contributed by atoms with Crippen LogP contribution in [0.4, 0.5) is 4.39 Å². The van der Waals surface area contributed by atoms with Gasteiger partial charge in [-0.15, -0.1) is 0 Å². The number of methoxy groups -OCH3 is 1. The van der Waals surface area contributed by atoms with E-state index >= 15 is 0 Å². The van der Waals surface area contributed by atoms with Crippen LogP contribution in [0, 0.1) is 12.7 Å². The lowest BCUT2D eigenvalue weighted by Crippen LogP contribution is -2.08. The van der Waals surface area contributed by atoms with Crippen LogP contribution in [0.25, 0.3) is 0 Å². The second-order valence-corrected chi connectivity index (χ2v) is 4.08. The Morgan fingerprint density at radius 3 is 2.33 bits per heavy atom. The summed E-state index contributed by atoms with van der Waals surface area (Å²) >= 11 is 0.